The second-order valence-corrected chi connectivity index (χ2v) is 6.73. The number of rotatable bonds is 3. The topological polar surface area (TPSA) is 47.6 Å². The van der Waals surface area contributed by atoms with Crippen LogP contribution in [-0.4, -0.2) is 19.1 Å². The van der Waals surface area contributed by atoms with Gasteiger partial charge in [0.15, 0.2) is 11.5 Å². The van der Waals surface area contributed by atoms with Crippen molar-refractivity contribution in [2.45, 2.75) is 12.8 Å². The summed E-state index contributed by atoms with van der Waals surface area (Å²) in [6, 6.07) is 11.2. The first-order valence-electron chi connectivity index (χ1n) is 7.26. The van der Waals surface area contributed by atoms with Gasteiger partial charge in [0.05, 0.1) is 30.3 Å². The summed E-state index contributed by atoms with van der Waals surface area (Å²) in [7, 11) is 0. The number of ether oxygens (including phenoxy) is 2. The summed E-state index contributed by atoms with van der Waals surface area (Å²) in [6.45, 7) is 1.17. The van der Waals surface area contributed by atoms with E-state index < -0.39 is 0 Å². The second-order valence-electron chi connectivity index (χ2n) is 5.16. The van der Waals surface area contributed by atoms with Crippen LogP contribution < -0.4 is 14.8 Å². The molecular formula is C17H15ClINO3. The van der Waals surface area contributed by atoms with Crippen LogP contribution >= 0.6 is 34.2 Å². The van der Waals surface area contributed by atoms with Crippen LogP contribution in [0.5, 0.6) is 11.5 Å². The summed E-state index contributed by atoms with van der Waals surface area (Å²) in [5.74, 6) is 1.07. The number of carbonyl (C=O) groups is 1. The van der Waals surface area contributed by atoms with E-state index in [-0.39, 0.29) is 12.3 Å². The predicted molar refractivity (Wildman–Crippen MR) is 98.6 cm³/mol. The molecule has 0 spiro atoms. The number of anilines is 1. The third kappa shape index (κ3) is 4.09. The Labute approximate surface area is 153 Å². The Morgan fingerprint density at radius 3 is 2.83 bits per heavy atom. The lowest BCUT2D eigenvalue weighted by Crippen LogP contribution is -2.15. The molecule has 0 radical (unpaired) electrons. The highest BCUT2D eigenvalue weighted by Crippen LogP contribution is 2.38. The SMILES string of the molecule is O=C(Cc1cc(Cl)c2c(c1)OCCCO2)Nc1ccccc1I. The van der Waals surface area contributed by atoms with E-state index in [1.54, 1.807) is 6.07 Å². The first-order valence-corrected chi connectivity index (χ1v) is 8.71. The molecule has 0 aromatic heterocycles. The first kappa shape index (κ1) is 16.4. The number of carbonyl (C=O) groups excluding carboxylic acids is 1. The van der Waals surface area contributed by atoms with Crippen LogP contribution in [0.2, 0.25) is 5.02 Å². The molecule has 0 aliphatic carbocycles. The Morgan fingerprint density at radius 1 is 1.22 bits per heavy atom. The summed E-state index contributed by atoms with van der Waals surface area (Å²) in [6.07, 6.45) is 1.04. The molecule has 0 atom stereocenters. The molecular weight excluding hydrogens is 429 g/mol. The van der Waals surface area contributed by atoms with E-state index in [0.29, 0.717) is 29.7 Å². The Kier molecular flexibility index (Phi) is 5.27. The van der Waals surface area contributed by atoms with E-state index >= 15 is 0 Å². The maximum atomic E-state index is 12.3. The van der Waals surface area contributed by atoms with Gasteiger partial charge in [0.25, 0.3) is 0 Å². The van der Waals surface area contributed by atoms with Crippen LogP contribution in [-0.2, 0) is 11.2 Å². The lowest BCUT2D eigenvalue weighted by molar-refractivity contribution is -0.115. The summed E-state index contributed by atoms with van der Waals surface area (Å²) < 4.78 is 12.2. The molecule has 120 valence electrons. The van der Waals surface area contributed by atoms with E-state index in [0.717, 1.165) is 21.2 Å². The van der Waals surface area contributed by atoms with Crippen LogP contribution in [0.25, 0.3) is 0 Å². The molecule has 2 aromatic carbocycles. The van der Waals surface area contributed by atoms with Gasteiger partial charge in [-0.1, -0.05) is 23.7 Å². The molecule has 1 aliphatic rings. The average molecular weight is 444 g/mol. The van der Waals surface area contributed by atoms with Gasteiger partial charge >= 0.3 is 0 Å². The third-order valence-corrected chi connectivity index (χ3v) is 4.60. The number of amides is 1. The van der Waals surface area contributed by atoms with Gasteiger partial charge in [-0.3, -0.25) is 4.79 Å². The number of nitrogens with one attached hydrogen (secondary N) is 1. The molecule has 3 rings (SSSR count). The minimum Gasteiger partial charge on any atom is -0.489 e. The molecule has 0 bridgehead atoms. The van der Waals surface area contributed by atoms with Gasteiger partial charge in [-0.05, 0) is 52.4 Å². The fraction of sp³-hybridized carbons (Fsp3) is 0.235. The minimum atomic E-state index is -0.0975. The Hall–Kier alpha value is -1.47. The summed E-state index contributed by atoms with van der Waals surface area (Å²) in [4.78, 5) is 12.3. The highest BCUT2D eigenvalue weighted by Gasteiger charge is 2.17. The van der Waals surface area contributed by atoms with E-state index in [1.165, 1.54) is 0 Å². The number of benzene rings is 2. The average Bonchev–Trinajstić information content (AvgIpc) is 2.75. The lowest BCUT2D eigenvalue weighted by atomic mass is 10.1. The van der Waals surface area contributed by atoms with Gasteiger partial charge < -0.3 is 14.8 Å². The van der Waals surface area contributed by atoms with Crippen molar-refractivity contribution in [2.24, 2.45) is 0 Å². The monoisotopic (exact) mass is 443 g/mol. The van der Waals surface area contributed by atoms with Crippen molar-refractivity contribution in [2.75, 3.05) is 18.5 Å². The van der Waals surface area contributed by atoms with Crippen molar-refractivity contribution in [1.82, 2.24) is 0 Å². The quantitative estimate of drug-likeness (QED) is 0.720. The lowest BCUT2D eigenvalue weighted by Gasteiger charge is -2.12. The molecule has 0 saturated heterocycles. The van der Waals surface area contributed by atoms with Crippen LogP contribution in [0.15, 0.2) is 36.4 Å². The van der Waals surface area contributed by atoms with Gasteiger partial charge in [0.2, 0.25) is 5.91 Å². The molecule has 1 N–H and O–H groups in total. The Balaban J connectivity index is 1.75. The molecule has 2 aromatic rings. The molecule has 0 unspecified atom stereocenters. The zero-order chi connectivity index (χ0) is 16.2. The number of para-hydroxylation sites is 1. The summed E-state index contributed by atoms with van der Waals surface area (Å²) >= 11 is 8.44. The van der Waals surface area contributed by atoms with Gasteiger partial charge in [-0.25, -0.2) is 0 Å². The van der Waals surface area contributed by atoms with E-state index in [1.807, 2.05) is 30.3 Å². The van der Waals surface area contributed by atoms with E-state index in [4.69, 9.17) is 21.1 Å². The Morgan fingerprint density at radius 2 is 2.00 bits per heavy atom. The van der Waals surface area contributed by atoms with Gasteiger partial charge in [0, 0.05) is 9.99 Å². The number of hydrogen-bond acceptors (Lipinski definition) is 3. The van der Waals surface area contributed by atoms with Gasteiger partial charge in [0.1, 0.15) is 0 Å². The molecule has 1 heterocycles. The summed E-state index contributed by atoms with van der Waals surface area (Å²) in [5.41, 5.74) is 1.60. The molecule has 1 aliphatic heterocycles. The maximum Gasteiger partial charge on any atom is 0.228 e. The Bertz CT molecular complexity index is 736. The first-order chi connectivity index (χ1) is 11.1. The molecule has 4 nitrogen and oxygen atoms in total. The van der Waals surface area contributed by atoms with Crippen molar-refractivity contribution < 1.29 is 14.3 Å². The van der Waals surface area contributed by atoms with E-state index in [2.05, 4.69) is 27.9 Å². The number of halogens is 2. The molecule has 6 heteroatoms. The number of hydrogen-bond donors (Lipinski definition) is 1. The zero-order valence-corrected chi connectivity index (χ0v) is 15.2. The standard InChI is InChI=1S/C17H15ClINO3/c18-12-8-11(9-15-17(12)23-7-3-6-22-15)10-16(21)20-14-5-2-1-4-13(14)19/h1-2,4-5,8-9H,3,6-7,10H2,(H,20,21). The molecule has 0 saturated carbocycles. The smallest absolute Gasteiger partial charge is 0.228 e. The number of fused-ring (bicyclic) bond motifs is 1. The predicted octanol–water partition coefficient (Wildman–Crippen LogP) is 4.29. The van der Waals surface area contributed by atoms with Crippen LogP contribution in [0, 0.1) is 3.57 Å². The van der Waals surface area contributed by atoms with Crippen molar-refractivity contribution in [1.29, 1.82) is 0 Å². The van der Waals surface area contributed by atoms with Crippen molar-refractivity contribution >= 4 is 45.8 Å². The van der Waals surface area contributed by atoms with Crippen molar-refractivity contribution in [3.05, 3.63) is 50.6 Å². The van der Waals surface area contributed by atoms with Crippen molar-refractivity contribution in [3.8, 4) is 11.5 Å². The van der Waals surface area contributed by atoms with Gasteiger partial charge in [-0.15, -0.1) is 0 Å². The highest BCUT2D eigenvalue weighted by molar-refractivity contribution is 14.1. The normalized spacial score (nSPS) is 13.3. The third-order valence-electron chi connectivity index (χ3n) is 3.37. The summed E-state index contributed by atoms with van der Waals surface area (Å²) in [5, 5.41) is 3.38. The van der Waals surface area contributed by atoms with Crippen LogP contribution in [0.4, 0.5) is 5.69 Å². The molecule has 1 amide bonds. The fourth-order valence-corrected chi connectivity index (χ4v) is 3.14. The molecule has 0 fully saturated rings. The maximum absolute atomic E-state index is 12.3. The molecule has 23 heavy (non-hydrogen) atoms. The van der Waals surface area contributed by atoms with Gasteiger partial charge in [-0.2, -0.15) is 0 Å². The van der Waals surface area contributed by atoms with Crippen LogP contribution in [0.3, 0.4) is 0 Å². The highest BCUT2D eigenvalue weighted by atomic mass is 127. The minimum absolute atomic E-state index is 0.0975. The van der Waals surface area contributed by atoms with Crippen molar-refractivity contribution in [3.63, 3.8) is 0 Å². The van der Waals surface area contributed by atoms with Crippen LogP contribution in [0.1, 0.15) is 12.0 Å². The zero-order valence-electron chi connectivity index (χ0n) is 12.3. The van der Waals surface area contributed by atoms with E-state index in [9.17, 15) is 4.79 Å². The largest absolute Gasteiger partial charge is 0.489 e. The second kappa shape index (κ2) is 7.40. The fourth-order valence-electron chi connectivity index (χ4n) is 2.33.